The van der Waals surface area contributed by atoms with E-state index in [1.165, 1.54) is 5.56 Å². The van der Waals surface area contributed by atoms with E-state index < -0.39 is 0 Å². The Morgan fingerprint density at radius 1 is 0.870 bits per heavy atom. The average Bonchev–Trinajstić information content (AvgIpc) is 2.81. The first-order valence-electron chi connectivity index (χ1n) is 7.62. The van der Waals surface area contributed by atoms with Gasteiger partial charge in [0.15, 0.2) is 0 Å². The van der Waals surface area contributed by atoms with Gasteiger partial charge in [0.2, 0.25) is 0 Å². The molecule has 2 heterocycles. The summed E-state index contributed by atoms with van der Waals surface area (Å²) >= 11 is 0. The molecule has 0 bridgehead atoms. The molecule has 4 rings (SSSR count). The molecule has 2 aromatic heterocycles. The maximum absolute atomic E-state index is 11.9. The number of furan rings is 1. The van der Waals surface area contributed by atoms with Crippen LogP contribution in [0.2, 0.25) is 0 Å². The third-order valence-electron chi connectivity index (χ3n) is 4.36. The summed E-state index contributed by atoms with van der Waals surface area (Å²) in [6, 6.07) is 15.6. The fourth-order valence-electron chi connectivity index (χ4n) is 3.03. The zero-order chi connectivity index (χ0) is 16.0. The summed E-state index contributed by atoms with van der Waals surface area (Å²) in [6.07, 6.45) is 0.699. The van der Waals surface area contributed by atoms with Crippen LogP contribution in [0.25, 0.3) is 21.9 Å². The molecule has 0 N–H and O–H groups in total. The van der Waals surface area contributed by atoms with Gasteiger partial charge in [0.25, 0.3) is 0 Å². The van der Waals surface area contributed by atoms with Crippen LogP contribution in [0.1, 0.15) is 22.5 Å². The molecule has 114 valence electrons. The highest BCUT2D eigenvalue weighted by Crippen LogP contribution is 2.30. The lowest BCUT2D eigenvalue weighted by atomic mass is 10.0. The van der Waals surface area contributed by atoms with Crippen molar-refractivity contribution in [1.82, 2.24) is 0 Å². The summed E-state index contributed by atoms with van der Waals surface area (Å²) in [5.74, 6) is 0.891. The van der Waals surface area contributed by atoms with Crippen molar-refractivity contribution < 1.29 is 8.83 Å². The Bertz CT molecular complexity index is 1070. The summed E-state index contributed by atoms with van der Waals surface area (Å²) in [6.45, 7) is 3.99. The fraction of sp³-hybridized carbons (Fsp3) is 0.150. The summed E-state index contributed by atoms with van der Waals surface area (Å²) in [7, 11) is 0. The number of hydrogen-bond donors (Lipinski definition) is 0. The number of benzene rings is 2. The molecule has 23 heavy (non-hydrogen) atoms. The SMILES string of the molecule is Cc1oc2cc3oc(=O)cc(Cc4ccccc4)c3cc2c1C. The maximum atomic E-state index is 11.9. The quantitative estimate of drug-likeness (QED) is 0.502. The van der Waals surface area contributed by atoms with Crippen LogP contribution in [0.3, 0.4) is 0 Å². The second-order valence-electron chi connectivity index (χ2n) is 5.88. The van der Waals surface area contributed by atoms with E-state index in [9.17, 15) is 4.79 Å². The van der Waals surface area contributed by atoms with Crippen molar-refractivity contribution in [3.05, 3.63) is 81.4 Å². The van der Waals surface area contributed by atoms with Crippen LogP contribution >= 0.6 is 0 Å². The summed E-state index contributed by atoms with van der Waals surface area (Å²) < 4.78 is 11.1. The Labute approximate surface area is 133 Å². The van der Waals surface area contributed by atoms with Gasteiger partial charge in [-0.3, -0.25) is 0 Å². The van der Waals surface area contributed by atoms with Crippen molar-refractivity contribution >= 4 is 21.9 Å². The molecule has 2 aromatic carbocycles. The lowest BCUT2D eigenvalue weighted by Gasteiger charge is -2.06. The number of aryl methyl sites for hydroxylation is 2. The predicted molar refractivity (Wildman–Crippen MR) is 91.0 cm³/mol. The summed E-state index contributed by atoms with van der Waals surface area (Å²) in [5.41, 5.74) is 4.26. The van der Waals surface area contributed by atoms with Gasteiger partial charge in [0.05, 0.1) is 0 Å². The molecule has 0 spiro atoms. The zero-order valence-electron chi connectivity index (χ0n) is 13.1. The van der Waals surface area contributed by atoms with Gasteiger partial charge in [0, 0.05) is 22.9 Å². The van der Waals surface area contributed by atoms with Crippen LogP contribution in [0.4, 0.5) is 0 Å². The molecule has 3 heteroatoms. The molecule has 0 fully saturated rings. The third-order valence-corrected chi connectivity index (χ3v) is 4.36. The summed E-state index contributed by atoms with van der Waals surface area (Å²) in [4.78, 5) is 11.9. The molecule has 4 aromatic rings. The molecular formula is C20H16O3. The van der Waals surface area contributed by atoms with Crippen LogP contribution in [-0.2, 0) is 6.42 Å². The summed E-state index contributed by atoms with van der Waals surface area (Å²) in [5, 5.41) is 2.03. The van der Waals surface area contributed by atoms with Gasteiger partial charge in [-0.2, -0.15) is 0 Å². The smallest absolute Gasteiger partial charge is 0.336 e. The normalized spacial score (nSPS) is 11.4. The van der Waals surface area contributed by atoms with Gasteiger partial charge < -0.3 is 8.83 Å². The number of hydrogen-bond acceptors (Lipinski definition) is 3. The third kappa shape index (κ3) is 2.34. The number of rotatable bonds is 2. The second-order valence-corrected chi connectivity index (χ2v) is 5.88. The molecule has 0 radical (unpaired) electrons. The number of fused-ring (bicyclic) bond motifs is 2. The van der Waals surface area contributed by atoms with Gasteiger partial charge in [0.1, 0.15) is 16.9 Å². The lowest BCUT2D eigenvalue weighted by molar-refractivity contribution is 0.554. The van der Waals surface area contributed by atoms with E-state index >= 15 is 0 Å². The second kappa shape index (κ2) is 5.13. The van der Waals surface area contributed by atoms with E-state index in [2.05, 4.69) is 18.2 Å². The molecular weight excluding hydrogens is 288 g/mol. The van der Waals surface area contributed by atoms with Gasteiger partial charge in [-0.1, -0.05) is 30.3 Å². The first-order valence-corrected chi connectivity index (χ1v) is 7.62. The van der Waals surface area contributed by atoms with Crippen molar-refractivity contribution in [2.75, 3.05) is 0 Å². The van der Waals surface area contributed by atoms with Crippen molar-refractivity contribution in [3.8, 4) is 0 Å². The molecule has 0 saturated carbocycles. The van der Waals surface area contributed by atoms with E-state index in [1.807, 2.05) is 38.1 Å². The Morgan fingerprint density at radius 3 is 2.39 bits per heavy atom. The highest BCUT2D eigenvalue weighted by Gasteiger charge is 2.13. The minimum atomic E-state index is -0.331. The van der Waals surface area contributed by atoms with Crippen LogP contribution in [0.5, 0.6) is 0 Å². The molecule has 0 amide bonds. The molecule has 0 aliphatic carbocycles. The largest absolute Gasteiger partial charge is 0.461 e. The highest BCUT2D eigenvalue weighted by molar-refractivity contribution is 5.96. The topological polar surface area (TPSA) is 43.4 Å². The van der Waals surface area contributed by atoms with Crippen LogP contribution < -0.4 is 5.63 Å². The zero-order valence-corrected chi connectivity index (χ0v) is 13.1. The Hall–Kier alpha value is -2.81. The van der Waals surface area contributed by atoms with E-state index in [-0.39, 0.29) is 5.63 Å². The molecule has 0 saturated heterocycles. The van der Waals surface area contributed by atoms with Gasteiger partial charge in [-0.25, -0.2) is 4.79 Å². The fourth-order valence-corrected chi connectivity index (χ4v) is 3.03. The van der Waals surface area contributed by atoms with E-state index in [1.54, 1.807) is 6.07 Å². The highest BCUT2D eigenvalue weighted by atomic mass is 16.4. The first-order chi connectivity index (χ1) is 11.1. The lowest BCUT2D eigenvalue weighted by Crippen LogP contribution is -2.01. The molecule has 0 aliphatic heterocycles. The van der Waals surface area contributed by atoms with Gasteiger partial charge in [-0.05, 0) is 43.0 Å². The molecule has 0 atom stereocenters. The average molecular weight is 304 g/mol. The predicted octanol–water partition coefficient (Wildman–Crippen LogP) is 4.75. The van der Waals surface area contributed by atoms with Gasteiger partial charge in [-0.15, -0.1) is 0 Å². The Balaban J connectivity index is 1.99. The van der Waals surface area contributed by atoms with E-state index in [4.69, 9.17) is 8.83 Å². The van der Waals surface area contributed by atoms with Crippen molar-refractivity contribution in [3.63, 3.8) is 0 Å². The van der Waals surface area contributed by atoms with E-state index in [0.29, 0.717) is 12.0 Å². The monoisotopic (exact) mass is 304 g/mol. The molecule has 0 aliphatic rings. The van der Waals surface area contributed by atoms with Crippen molar-refractivity contribution in [1.29, 1.82) is 0 Å². The standard InChI is InChI=1S/C20H16O3/c1-12-13(2)22-18-11-19-17(10-16(12)18)15(9-20(21)23-19)8-14-6-4-3-5-7-14/h3-7,9-11H,8H2,1-2H3. The van der Waals surface area contributed by atoms with Crippen LogP contribution in [0.15, 0.2) is 62.2 Å². The Kier molecular flexibility index (Phi) is 3.08. The van der Waals surface area contributed by atoms with Gasteiger partial charge >= 0.3 is 5.63 Å². The van der Waals surface area contributed by atoms with Crippen LogP contribution in [-0.4, -0.2) is 0 Å². The Morgan fingerprint density at radius 2 is 1.61 bits per heavy atom. The minimum absolute atomic E-state index is 0.331. The van der Waals surface area contributed by atoms with Crippen molar-refractivity contribution in [2.45, 2.75) is 20.3 Å². The minimum Gasteiger partial charge on any atom is -0.461 e. The first kappa shape index (κ1) is 13.8. The molecule has 3 nitrogen and oxygen atoms in total. The van der Waals surface area contributed by atoms with Crippen LogP contribution in [0, 0.1) is 13.8 Å². The molecule has 0 unspecified atom stereocenters. The van der Waals surface area contributed by atoms with Crippen molar-refractivity contribution in [2.24, 2.45) is 0 Å². The maximum Gasteiger partial charge on any atom is 0.336 e. The van der Waals surface area contributed by atoms with E-state index in [0.717, 1.165) is 33.2 Å².